The number of aryl methyl sites for hydroxylation is 1. The molecule has 0 aliphatic rings. The molecular weight excluding hydrogens is 424 g/mol. The van der Waals surface area contributed by atoms with Crippen molar-refractivity contribution in [2.75, 3.05) is 0 Å². The Labute approximate surface area is 190 Å². The molecule has 0 unspecified atom stereocenters. The third-order valence-corrected chi connectivity index (χ3v) is 5.70. The quantitative estimate of drug-likeness (QED) is 0.347. The molecule has 2 heterocycles. The van der Waals surface area contributed by atoms with Gasteiger partial charge in [0.2, 0.25) is 0 Å². The van der Waals surface area contributed by atoms with Crippen LogP contribution in [0, 0.1) is 6.92 Å². The van der Waals surface area contributed by atoms with Crippen molar-refractivity contribution < 1.29 is 4.79 Å². The second kappa shape index (κ2) is 9.24. The molecule has 0 atom stereocenters. The van der Waals surface area contributed by atoms with Crippen LogP contribution in [0.3, 0.4) is 0 Å². The molecule has 4 rings (SSSR count). The molecule has 0 aliphatic carbocycles. The largest absolute Gasteiger partial charge is 0.344 e. The normalized spacial score (nSPS) is 11.3. The van der Waals surface area contributed by atoms with Crippen LogP contribution in [0.5, 0.6) is 0 Å². The van der Waals surface area contributed by atoms with Gasteiger partial charge in [-0.3, -0.25) is 9.59 Å². The first-order valence-corrected chi connectivity index (χ1v) is 10.7. The fourth-order valence-corrected chi connectivity index (χ4v) is 4.12. The van der Waals surface area contributed by atoms with Gasteiger partial charge in [0.05, 0.1) is 12.8 Å². The standard InChI is InChI=1S/C25H23ClN4O2/c1-3-30-17(2)22(20-10-4-5-12-23(20)30)15-27-28-24(31)21-11-7-13-29(25(21)32)16-18-8-6-9-19(26)14-18/h4-15H,3,16H2,1-2H3,(H,28,31)/b27-15-. The van der Waals surface area contributed by atoms with Crippen molar-refractivity contribution in [2.45, 2.75) is 26.9 Å². The van der Waals surface area contributed by atoms with Gasteiger partial charge in [-0.25, -0.2) is 5.43 Å². The lowest BCUT2D eigenvalue weighted by Gasteiger charge is -2.08. The summed E-state index contributed by atoms with van der Waals surface area (Å²) in [5.74, 6) is -0.552. The number of nitrogens with zero attached hydrogens (tertiary/aromatic N) is 3. The number of hydrazone groups is 1. The van der Waals surface area contributed by atoms with Crippen LogP contribution in [0.15, 0.2) is 76.8 Å². The fraction of sp³-hybridized carbons (Fsp3) is 0.160. The first-order chi connectivity index (χ1) is 15.5. The van der Waals surface area contributed by atoms with Crippen molar-refractivity contribution >= 4 is 34.6 Å². The summed E-state index contributed by atoms with van der Waals surface area (Å²) < 4.78 is 3.67. The van der Waals surface area contributed by atoms with E-state index >= 15 is 0 Å². The molecule has 0 saturated carbocycles. The predicted octanol–water partition coefficient (Wildman–Crippen LogP) is 4.60. The number of aromatic nitrogens is 2. The van der Waals surface area contributed by atoms with Crippen LogP contribution in [0.2, 0.25) is 5.02 Å². The average molecular weight is 447 g/mol. The molecule has 2 aromatic carbocycles. The number of carbonyl (C=O) groups is 1. The molecule has 1 N–H and O–H groups in total. The van der Waals surface area contributed by atoms with E-state index in [2.05, 4.69) is 28.1 Å². The van der Waals surface area contributed by atoms with Gasteiger partial charge in [-0.2, -0.15) is 5.10 Å². The molecule has 0 spiro atoms. The van der Waals surface area contributed by atoms with Crippen molar-refractivity contribution in [2.24, 2.45) is 5.10 Å². The van der Waals surface area contributed by atoms with Crippen LogP contribution < -0.4 is 11.0 Å². The Balaban J connectivity index is 1.55. The SMILES string of the molecule is CCn1c(C)c(/C=N\NC(=O)c2cccn(Cc3cccc(Cl)c3)c2=O)c2ccccc21. The second-order valence-electron chi connectivity index (χ2n) is 7.44. The number of hydrogen-bond donors (Lipinski definition) is 1. The summed E-state index contributed by atoms with van der Waals surface area (Å²) in [6, 6.07) is 18.5. The van der Waals surface area contributed by atoms with Gasteiger partial charge in [0.1, 0.15) is 5.56 Å². The van der Waals surface area contributed by atoms with E-state index in [-0.39, 0.29) is 11.1 Å². The topological polar surface area (TPSA) is 68.4 Å². The molecule has 0 bridgehead atoms. The van der Waals surface area contributed by atoms with Crippen molar-refractivity contribution in [1.82, 2.24) is 14.6 Å². The Hall–Kier alpha value is -3.64. The van der Waals surface area contributed by atoms with E-state index in [4.69, 9.17) is 11.6 Å². The van der Waals surface area contributed by atoms with E-state index < -0.39 is 5.91 Å². The third-order valence-electron chi connectivity index (χ3n) is 5.46. The van der Waals surface area contributed by atoms with Gasteiger partial charge in [-0.1, -0.05) is 41.9 Å². The molecule has 162 valence electrons. The van der Waals surface area contributed by atoms with Crippen LogP contribution in [-0.4, -0.2) is 21.3 Å². The number of carbonyl (C=O) groups excluding carboxylic acids is 1. The molecule has 0 saturated heterocycles. The summed E-state index contributed by atoms with van der Waals surface area (Å²) in [6.07, 6.45) is 3.28. The van der Waals surface area contributed by atoms with Gasteiger partial charge in [0.25, 0.3) is 11.5 Å². The van der Waals surface area contributed by atoms with Crippen LogP contribution in [0.1, 0.15) is 34.1 Å². The Morgan fingerprint density at radius 2 is 1.94 bits per heavy atom. The predicted molar refractivity (Wildman–Crippen MR) is 129 cm³/mol. The average Bonchev–Trinajstić information content (AvgIpc) is 3.06. The van der Waals surface area contributed by atoms with Crippen LogP contribution in [-0.2, 0) is 13.1 Å². The molecule has 1 amide bonds. The molecule has 7 heteroatoms. The summed E-state index contributed by atoms with van der Waals surface area (Å²) in [7, 11) is 0. The van der Waals surface area contributed by atoms with E-state index in [1.165, 1.54) is 10.6 Å². The molecule has 0 aliphatic heterocycles. The van der Waals surface area contributed by atoms with Crippen molar-refractivity contribution in [1.29, 1.82) is 0 Å². The minimum atomic E-state index is -0.552. The lowest BCUT2D eigenvalue weighted by atomic mass is 10.1. The maximum atomic E-state index is 12.8. The lowest BCUT2D eigenvalue weighted by molar-refractivity contribution is 0.0953. The number of rotatable bonds is 6. The lowest BCUT2D eigenvalue weighted by Crippen LogP contribution is -2.30. The number of benzene rings is 2. The Morgan fingerprint density at radius 3 is 2.72 bits per heavy atom. The monoisotopic (exact) mass is 446 g/mol. The molecule has 4 aromatic rings. The number of nitrogens with one attached hydrogen (secondary N) is 1. The summed E-state index contributed by atoms with van der Waals surface area (Å²) in [5.41, 5.74) is 6.13. The van der Waals surface area contributed by atoms with E-state index in [9.17, 15) is 9.59 Å². The van der Waals surface area contributed by atoms with E-state index in [0.29, 0.717) is 11.6 Å². The molecule has 2 aromatic heterocycles. The zero-order valence-electron chi connectivity index (χ0n) is 17.9. The highest BCUT2D eigenvalue weighted by Crippen LogP contribution is 2.24. The minimum Gasteiger partial charge on any atom is -0.344 e. The van der Waals surface area contributed by atoms with Gasteiger partial charge >= 0.3 is 0 Å². The highest BCUT2D eigenvalue weighted by Gasteiger charge is 2.13. The van der Waals surface area contributed by atoms with Crippen LogP contribution in [0.25, 0.3) is 10.9 Å². The zero-order chi connectivity index (χ0) is 22.7. The van der Waals surface area contributed by atoms with Gasteiger partial charge in [0, 0.05) is 39.9 Å². The maximum absolute atomic E-state index is 12.8. The fourth-order valence-electron chi connectivity index (χ4n) is 3.91. The molecule has 32 heavy (non-hydrogen) atoms. The molecule has 6 nitrogen and oxygen atoms in total. The zero-order valence-corrected chi connectivity index (χ0v) is 18.6. The van der Waals surface area contributed by atoms with Crippen LogP contribution in [0.4, 0.5) is 0 Å². The molecule has 0 radical (unpaired) electrons. The number of hydrogen-bond acceptors (Lipinski definition) is 3. The summed E-state index contributed by atoms with van der Waals surface area (Å²) in [5, 5.41) is 5.80. The van der Waals surface area contributed by atoms with Gasteiger partial charge in [-0.05, 0) is 49.7 Å². The van der Waals surface area contributed by atoms with E-state index in [0.717, 1.165) is 34.3 Å². The Morgan fingerprint density at radius 1 is 1.12 bits per heavy atom. The van der Waals surface area contributed by atoms with Gasteiger partial charge in [0.15, 0.2) is 0 Å². The summed E-state index contributed by atoms with van der Waals surface area (Å²) in [6.45, 7) is 5.27. The Bertz CT molecular complexity index is 1380. The van der Waals surface area contributed by atoms with Crippen molar-refractivity contribution in [3.8, 4) is 0 Å². The number of para-hydroxylation sites is 1. The van der Waals surface area contributed by atoms with Crippen molar-refractivity contribution in [3.05, 3.63) is 105 Å². The molecule has 0 fully saturated rings. The number of fused-ring (bicyclic) bond motifs is 1. The molecular formula is C25H23ClN4O2. The second-order valence-corrected chi connectivity index (χ2v) is 7.88. The van der Waals surface area contributed by atoms with Gasteiger partial charge < -0.3 is 9.13 Å². The highest BCUT2D eigenvalue weighted by atomic mass is 35.5. The summed E-state index contributed by atoms with van der Waals surface area (Å²) >= 11 is 6.03. The summed E-state index contributed by atoms with van der Waals surface area (Å²) in [4.78, 5) is 25.5. The Kier molecular flexibility index (Phi) is 6.23. The van der Waals surface area contributed by atoms with E-state index in [1.807, 2.05) is 37.3 Å². The van der Waals surface area contributed by atoms with Gasteiger partial charge in [-0.15, -0.1) is 0 Å². The first-order valence-electron chi connectivity index (χ1n) is 10.3. The van der Waals surface area contributed by atoms with E-state index in [1.54, 1.807) is 30.6 Å². The number of pyridine rings is 1. The highest BCUT2D eigenvalue weighted by molar-refractivity contribution is 6.30. The maximum Gasteiger partial charge on any atom is 0.276 e. The minimum absolute atomic E-state index is 0.0272. The number of amides is 1. The number of halogens is 1. The first kappa shape index (κ1) is 21.6. The van der Waals surface area contributed by atoms with Crippen molar-refractivity contribution in [3.63, 3.8) is 0 Å². The van der Waals surface area contributed by atoms with Crippen LogP contribution >= 0.6 is 11.6 Å². The third kappa shape index (κ3) is 4.22. The smallest absolute Gasteiger partial charge is 0.276 e.